The molecule has 334 valence electrons. The number of fused-ring (bicyclic) bond motifs is 2. The Labute approximate surface area is 358 Å². The normalized spacial score (nSPS) is 25.3. The molecule has 7 amide bonds. The monoisotopic (exact) mass is 858 g/mol. The molecule has 2 fully saturated rings. The van der Waals surface area contributed by atoms with Gasteiger partial charge in [0.15, 0.2) is 5.96 Å². The molecule has 20 heteroatoms. The number of nitrogens with one attached hydrogen (secondary N) is 6. The molecule has 2 aliphatic heterocycles. The molecule has 2 aromatic carbocycles. The predicted molar refractivity (Wildman–Crippen MR) is 229 cm³/mol. The Balaban J connectivity index is 1.49. The lowest BCUT2D eigenvalue weighted by Gasteiger charge is -2.29. The molecule has 3 heterocycles. The van der Waals surface area contributed by atoms with Crippen LogP contribution >= 0.6 is 0 Å². The van der Waals surface area contributed by atoms with Gasteiger partial charge in [-0.15, -0.1) is 0 Å². The van der Waals surface area contributed by atoms with Crippen molar-refractivity contribution in [1.29, 1.82) is 0 Å². The van der Waals surface area contributed by atoms with E-state index >= 15 is 0 Å². The van der Waals surface area contributed by atoms with Crippen LogP contribution in [0.4, 0.5) is 0 Å². The van der Waals surface area contributed by atoms with E-state index in [1.165, 1.54) is 0 Å². The van der Waals surface area contributed by atoms with Crippen LogP contribution in [0.15, 0.2) is 65.8 Å². The van der Waals surface area contributed by atoms with Gasteiger partial charge >= 0.3 is 0 Å². The van der Waals surface area contributed by atoms with Crippen LogP contribution in [0, 0.1) is 0 Å². The highest BCUT2D eigenvalue weighted by molar-refractivity contribution is 5.97. The molecule has 0 radical (unpaired) electrons. The van der Waals surface area contributed by atoms with E-state index in [0.29, 0.717) is 24.0 Å². The quantitative estimate of drug-likeness (QED) is 0.0623. The minimum Gasteiger partial charge on any atom is -0.391 e. The fourth-order valence-corrected chi connectivity index (χ4v) is 7.65. The lowest BCUT2D eigenvalue weighted by Crippen LogP contribution is -2.60. The highest BCUT2D eigenvalue weighted by Crippen LogP contribution is 2.22. The zero-order valence-corrected chi connectivity index (χ0v) is 34.5. The van der Waals surface area contributed by atoms with Gasteiger partial charge in [-0.05, 0) is 55.7 Å². The Morgan fingerprint density at radius 1 is 0.790 bits per heavy atom. The second-order valence-corrected chi connectivity index (χ2v) is 15.7. The molecule has 0 bridgehead atoms. The summed E-state index contributed by atoms with van der Waals surface area (Å²) in [5, 5.41) is 25.1. The SMILES string of the molecule is NC(=O)[C@@H]1CCCCNC(=O)CCC(N)C(=O)N2C[C@H](O)C[C@H]2C(=O)N[C@H](Cc2ccccc2)C(=O)N[C@@H](CCCN=C(N)N)C(=O)N[C@@H](Cc2c[nH]c3ccccc23)C(=O)N1. The van der Waals surface area contributed by atoms with Gasteiger partial charge in [-0.2, -0.15) is 0 Å². The number of aromatic nitrogens is 1. The van der Waals surface area contributed by atoms with Crippen LogP contribution in [0.5, 0.6) is 0 Å². The summed E-state index contributed by atoms with van der Waals surface area (Å²) in [5.41, 5.74) is 25.2. The number of para-hydroxylation sites is 1. The fraction of sp³-hybridized carbons (Fsp3) is 0.476. The summed E-state index contributed by atoms with van der Waals surface area (Å²) in [5.74, 6) is -4.95. The van der Waals surface area contributed by atoms with E-state index in [0.717, 1.165) is 15.8 Å². The number of amides is 7. The van der Waals surface area contributed by atoms with Crippen molar-refractivity contribution in [3.05, 3.63) is 71.9 Å². The second-order valence-electron chi connectivity index (χ2n) is 15.7. The number of carbonyl (C=O) groups is 7. The van der Waals surface area contributed by atoms with Crippen molar-refractivity contribution in [2.24, 2.45) is 27.9 Å². The van der Waals surface area contributed by atoms with Crippen LogP contribution in [-0.4, -0.2) is 124 Å². The number of aromatic amines is 1. The molecule has 1 unspecified atom stereocenters. The maximum Gasteiger partial charge on any atom is 0.243 e. The van der Waals surface area contributed by atoms with Gasteiger partial charge in [0.05, 0.1) is 12.1 Å². The number of hydrogen-bond donors (Lipinski definition) is 11. The first kappa shape index (κ1) is 46.5. The zero-order valence-electron chi connectivity index (χ0n) is 34.5. The number of primary amides is 1. The van der Waals surface area contributed by atoms with Crippen LogP contribution in [0.25, 0.3) is 10.9 Å². The molecule has 15 N–H and O–H groups in total. The van der Waals surface area contributed by atoms with Crippen molar-refractivity contribution >= 4 is 58.2 Å². The number of H-pyrrole nitrogens is 1. The third kappa shape index (κ3) is 13.2. The molecule has 0 saturated carbocycles. The number of aliphatic imine (C=N–C) groups is 1. The van der Waals surface area contributed by atoms with Crippen molar-refractivity contribution in [2.45, 2.75) is 107 Å². The minimum absolute atomic E-state index is 0.00276. The number of carbonyl (C=O) groups excluding carboxylic acids is 7. The largest absolute Gasteiger partial charge is 0.391 e. The van der Waals surface area contributed by atoms with Gasteiger partial charge in [-0.25, -0.2) is 0 Å². The van der Waals surface area contributed by atoms with Crippen molar-refractivity contribution in [3.8, 4) is 0 Å². The number of nitrogens with zero attached hydrogens (tertiary/aromatic N) is 2. The molecule has 62 heavy (non-hydrogen) atoms. The number of benzene rings is 2. The first-order chi connectivity index (χ1) is 29.7. The van der Waals surface area contributed by atoms with Gasteiger partial charge in [-0.3, -0.25) is 38.6 Å². The number of aliphatic hydroxyl groups is 1. The Morgan fingerprint density at radius 3 is 2.19 bits per heavy atom. The highest BCUT2D eigenvalue weighted by Gasteiger charge is 2.42. The molecular formula is C42H58N12O8. The summed E-state index contributed by atoms with van der Waals surface area (Å²) >= 11 is 0. The number of guanidine groups is 1. The molecular weight excluding hydrogens is 801 g/mol. The average Bonchev–Trinajstić information content (AvgIpc) is 3.85. The molecule has 3 aromatic rings. The summed E-state index contributed by atoms with van der Waals surface area (Å²) in [6, 6.07) is 8.84. The first-order valence-corrected chi connectivity index (χ1v) is 20.9. The van der Waals surface area contributed by atoms with E-state index in [4.69, 9.17) is 22.9 Å². The Bertz CT molecular complexity index is 2090. The van der Waals surface area contributed by atoms with Gasteiger partial charge in [0.1, 0.15) is 30.2 Å². The van der Waals surface area contributed by atoms with Crippen molar-refractivity contribution in [1.82, 2.24) is 36.5 Å². The molecule has 1 aromatic heterocycles. The molecule has 5 rings (SSSR count). The summed E-state index contributed by atoms with van der Waals surface area (Å²) in [6.07, 6.45) is 1.46. The van der Waals surface area contributed by atoms with Crippen molar-refractivity contribution in [3.63, 3.8) is 0 Å². The minimum atomic E-state index is -1.29. The van der Waals surface area contributed by atoms with E-state index in [9.17, 15) is 38.7 Å². The van der Waals surface area contributed by atoms with E-state index < -0.39 is 77.8 Å². The second kappa shape index (κ2) is 22.3. The van der Waals surface area contributed by atoms with E-state index in [2.05, 4.69) is 36.6 Å². The lowest BCUT2D eigenvalue weighted by molar-refractivity contribution is -0.140. The number of rotatable bonds is 9. The van der Waals surface area contributed by atoms with Crippen LogP contribution in [-0.2, 0) is 46.4 Å². The van der Waals surface area contributed by atoms with E-state index in [1.54, 1.807) is 36.5 Å². The fourth-order valence-electron chi connectivity index (χ4n) is 7.65. The van der Waals surface area contributed by atoms with Crippen LogP contribution in [0.1, 0.15) is 62.5 Å². The van der Waals surface area contributed by atoms with Gasteiger partial charge < -0.3 is 64.5 Å². The van der Waals surface area contributed by atoms with E-state index in [1.807, 2.05) is 24.3 Å². The summed E-state index contributed by atoms with van der Waals surface area (Å²) < 4.78 is 0. The van der Waals surface area contributed by atoms with Crippen LogP contribution in [0.2, 0.25) is 0 Å². The summed E-state index contributed by atoms with van der Waals surface area (Å²) in [4.78, 5) is 104. The Kier molecular flexibility index (Phi) is 16.8. The molecule has 0 aliphatic carbocycles. The van der Waals surface area contributed by atoms with E-state index in [-0.39, 0.29) is 82.9 Å². The summed E-state index contributed by atoms with van der Waals surface area (Å²) in [6.45, 7) is 0.136. The Morgan fingerprint density at radius 2 is 1.45 bits per heavy atom. The Hall–Kier alpha value is -6.54. The predicted octanol–water partition coefficient (Wildman–Crippen LogP) is -2.20. The lowest BCUT2D eigenvalue weighted by atomic mass is 10.0. The smallest absolute Gasteiger partial charge is 0.243 e. The third-order valence-electron chi connectivity index (χ3n) is 11.0. The maximum absolute atomic E-state index is 14.4. The number of nitrogens with two attached hydrogens (primary N) is 4. The van der Waals surface area contributed by atoms with Crippen LogP contribution < -0.4 is 49.5 Å². The highest BCUT2D eigenvalue weighted by atomic mass is 16.3. The zero-order chi connectivity index (χ0) is 44.8. The number of aliphatic hydroxyl groups excluding tert-OH is 1. The van der Waals surface area contributed by atoms with Gasteiger partial charge in [-0.1, -0.05) is 48.5 Å². The third-order valence-corrected chi connectivity index (χ3v) is 11.0. The molecule has 2 saturated heterocycles. The molecule has 20 nitrogen and oxygen atoms in total. The molecule has 7 atom stereocenters. The molecule has 2 aliphatic rings. The first-order valence-electron chi connectivity index (χ1n) is 20.9. The average molecular weight is 859 g/mol. The maximum atomic E-state index is 14.4. The van der Waals surface area contributed by atoms with Crippen molar-refractivity contribution in [2.75, 3.05) is 19.6 Å². The standard InChI is InChI=1S/C42H58N12O8/c43-28-15-16-35(56)47-17-7-6-13-30(36(44)57)50-39(60)33(20-25-22-49-29-12-5-4-11-27(25)29)52-37(58)31(14-8-18-48-42(45)46)51-38(59)32(19-24-9-2-1-3-10-24)53-40(61)34-21-26(55)23-54(34)41(28)62/h1-5,9-12,22,26,28,30-34,49,55H,6-8,13-21,23,43H2,(H2,44,57)(H,47,56)(H,50,60)(H,51,59)(H,52,58)(H,53,61)(H4,45,46,48)/t26-,28?,30+,31+,32-,33+,34+/m1/s1. The summed E-state index contributed by atoms with van der Waals surface area (Å²) in [7, 11) is 0. The van der Waals surface area contributed by atoms with Crippen LogP contribution in [0.3, 0.4) is 0 Å². The molecule has 0 spiro atoms. The van der Waals surface area contributed by atoms with Gasteiger partial charge in [0.25, 0.3) is 0 Å². The topological polar surface area (TPSA) is 335 Å². The number of hydrogen-bond acceptors (Lipinski definition) is 10. The van der Waals surface area contributed by atoms with Gasteiger partial charge in [0.2, 0.25) is 41.4 Å². The van der Waals surface area contributed by atoms with Gasteiger partial charge in [0, 0.05) is 62.4 Å². The van der Waals surface area contributed by atoms with Crippen molar-refractivity contribution < 1.29 is 38.7 Å².